The van der Waals surface area contributed by atoms with Gasteiger partial charge in [-0.15, -0.1) is 11.3 Å². The number of hydrogen-bond acceptors (Lipinski definition) is 3. The molecule has 1 aromatic rings. The predicted molar refractivity (Wildman–Crippen MR) is 85.8 cm³/mol. The summed E-state index contributed by atoms with van der Waals surface area (Å²) < 4.78 is 6.89. The van der Waals surface area contributed by atoms with Crippen molar-refractivity contribution in [3.05, 3.63) is 20.8 Å². The monoisotopic (exact) mass is 313 g/mol. The van der Waals surface area contributed by atoms with E-state index >= 15 is 0 Å². The van der Waals surface area contributed by atoms with Gasteiger partial charge in [0.2, 0.25) is 0 Å². The molecule has 2 aliphatic rings. The number of nitrogens with one attached hydrogen (secondary N) is 1. The van der Waals surface area contributed by atoms with Crippen molar-refractivity contribution in [3.63, 3.8) is 0 Å². The summed E-state index contributed by atoms with van der Waals surface area (Å²) in [5.74, 6) is 0. The Morgan fingerprint density at radius 3 is 2.95 bits per heavy atom. The summed E-state index contributed by atoms with van der Waals surface area (Å²) in [6.45, 7) is 1.95. The van der Waals surface area contributed by atoms with Crippen molar-refractivity contribution in [2.75, 3.05) is 13.2 Å². The molecular formula is C16H24ClNOS. The number of fused-ring (bicyclic) bond motifs is 1. The summed E-state index contributed by atoms with van der Waals surface area (Å²) in [6.07, 6.45) is 10.7. The first-order valence-corrected chi connectivity index (χ1v) is 9.15. The van der Waals surface area contributed by atoms with Gasteiger partial charge >= 0.3 is 0 Å². The van der Waals surface area contributed by atoms with E-state index in [4.69, 9.17) is 16.3 Å². The number of aryl methyl sites for hydroxylation is 1. The molecule has 1 saturated carbocycles. The topological polar surface area (TPSA) is 21.3 Å². The van der Waals surface area contributed by atoms with Crippen LogP contribution in [0, 0.1) is 0 Å². The lowest BCUT2D eigenvalue weighted by atomic mass is 9.98. The molecular weight excluding hydrogens is 290 g/mol. The summed E-state index contributed by atoms with van der Waals surface area (Å²) >= 11 is 7.83. The average Bonchev–Trinajstić information content (AvgIpc) is 3.00. The van der Waals surface area contributed by atoms with E-state index in [9.17, 15) is 0 Å². The molecule has 3 rings (SSSR count). The Labute approximate surface area is 130 Å². The molecule has 0 radical (unpaired) electrons. The smallest absolute Gasteiger partial charge is 0.0934 e. The lowest BCUT2D eigenvalue weighted by Crippen LogP contribution is -2.23. The lowest BCUT2D eigenvalue weighted by molar-refractivity contribution is 0.0271. The van der Waals surface area contributed by atoms with Crippen LogP contribution in [-0.4, -0.2) is 19.3 Å². The van der Waals surface area contributed by atoms with E-state index in [0.29, 0.717) is 12.1 Å². The Bertz CT molecular complexity index is 428. The van der Waals surface area contributed by atoms with Crippen molar-refractivity contribution in [2.45, 2.75) is 63.5 Å². The second-order valence-electron chi connectivity index (χ2n) is 5.96. The summed E-state index contributed by atoms with van der Waals surface area (Å²) in [6, 6.07) is 2.66. The molecule has 1 N–H and O–H groups in total. The number of thiophene rings is 1. The zero-order valence-corrected chi connectivity index (χ0v) is 13.6. The van der Waals surface area contributed by atoms with Crippen molar-refractivity contribution in [1.82, 2.24) is 5.32 Å². The molecule has 112 valence electrons. The third kappa shape index (κ3) is 3.76. The van der Waals surface area contributed by atoms with Crippen LogP contribution in [0.1, 0.15) is 61.4 Å². The van der Waals surface area contributed by atoms with E-state index < -0.39 is 0 Å². The summed E-state index contributed by atoms with van der Waals surface area (Å²) in [7, 11) is 0. The molecule has 0 saturated heterocycles. The van der Waals surface area contributed by atoms with E-state index in [1.807, 2.05) is 0 Å². The van der Waals surface area contributed by atoms with Crippen LogP contribution in [0.25, 0.3) is 0 Å². The van der Waals surface area contributed by atoms with Crippen LogP contribution >= 0.6 is 22.9 Å². The van der Waals surface area contributed by atoms with Gasteiger partial charge in [-0.2, -0.15) is 0 Å². The minimum absolute atomic E-state index is 0.517. The molecule has 1 fully saturated rings. The summed E-state index contributed by atoms with van der Waals surface area (Å²) in [5, 5.41) is 3.66. The Kier molecular flexibility index (Phi) is 5.38. The number of halogens is 1. The van der Waals surface area contributed by atoms with E-state index in [-0.39, 0.29) is 0 Å². The number of ether oxygens (including phenoxy) is 1. The zero-order valence-electron chi connectivity index (χ0n) is 12.0. The largest absolute Gasteiger partial charge is 0.378 e. The van der Waals surface area contributed by atoms with Crippen LogP contribution in [0.4, 0.5) is 0 Å². The van der Waals surface area contributed by atoms with Gasteiger partial charge in [0.15, 0.2) is 0 Å². The Hall–Kier alpha value is -0.0900. The number of rotatable bonds is 6. The van der Waals surface area contributed by atoms with E-state index in [0.717, 1.165) is 23.9 Å². The maximum absolute atomic E-state index is 6.08. The van der Waals surface area contributed by atoms with Crippen LogP contribution < -0.4 is 5.32 Å². The summed E-state index contributed by atoms with van der Waals surface area (Å²) in [4.78, 5) is 1.48. The quantitative estimate of drug-likeness (QED) is 0.767. The average molecular weight is 314 g/mol. The predicted octanol–water partition coefficient (Wildman–Crippen LogP) is 4.72. The van der Waals surface area contributed by atoms with Crippen molar-refractivity contribution < 1.29 is 4.74 Å². The molecule has 1 unspecified atom stereocenters. The molecule has 4 heteroatoms. The molecule has 0 bridgehead atoms. The maximum atomic E-state index is 6.08. The van der Waals surface area contributed by atoms with Crippen LogP contribution in [0.3, 0.4) is 0 Å². The fourth-order valence-corrected chi connectivity index (χ4v) is 4.73. The Morgan fingerprint density at radius 1 is 1.25 bits per heavy atom. The first-order valence-electron chi connectivity index (χ1n) is 7.96. The first-order chi connectivity index (χ1) is 9.83. The molecule has 20 heavy (non-hydrogen) atoms. The Morgan fingerprint density at radius 2 is 2.10 bits per heavy atom. The van der Waals surface area contributed by atoms with Gasteiger partial charge in [0, 0.05) is 17.5 Å². The van der Waals surface area contributed by atoms with Gasteiger partial charge in [0.05, 0.1) is 10.4 Å². The van der Waals surface area contributed by atoms with Gasteiger partial charge < -0.3 is 10.1 Å². The van der Waals surface area contributed by atoms with Crippen molar-refractivity contribution in [2.24, 2.45) is 0 Å². The molecule has 2 nitrogen and oxygen atoms in total. The van der Waals surface area contributed by atoms with Gasteiger partial charge in [-0.1, -0.05) is 30.9 Å². The van der Waals surface area contributed by atoms with E-state index in [1.165, 1.54) is 55.4 Å². The SMILES string of the molecule is Clc1cc2c(s1)CCC2NCCCOC1CCCCC1. The van der Waals surface area contributed by atoms with Gasteiger partial charge in [-0.05, 0) is 50.3 Å². The standard InChI is InChI=1S/C16H24ClNOS/c17-16-11-13-14(7-8-15(13)20-16)18-9-4-10-19-12-5-2-1-3-6-12/h11-12,14,18H,1-10H2. The zero-order chi connectivity index (χ0) is 13.8. The van der Waals surface area contributed by atoms with Crippen molar-refractivity contribution in [1.29, 1.82) is 0 Å². The number of hydrogen-bond donors (Lipinski definition) is 1. The Balaban J connectivity index is 1.32. The fraction of sp³-hybridized carbons (Fsp3) is 0.750. The molecule has 0 aromatic carbocycles. The highest BCUT2D eigenvalue weighted by Crippen LogP contribution is 2.39. The maximum Gasteiger partial charge on any atom is 0.0934 e. The third-order valence-corrected chi connectivity index (χ3v) is 5.80. The van der Waals surface area contributed by atoms with Gasteiger partial charge in [-0.25, -0.2) is 0 Å². The molecule has 1 heterocycles. The molecule has 1 aromatic heterocycles. The second kappa shape index (κ2) is 7.26. The highest BCUT2D eigenvalue weighted by atomic mass is 35.5. The third-order valence-electron chi connectivity index (χ3n) is 4.46. The molecule has 0 spiro atoms. The highest BCUT2D eigenvalue weighted by molar-refractivity contribution is 7.16. The lowest BCUT2D eigenvalue weighted by Gasteiger charge is -2.22. The molecule has 0 aliphatic heterocycles. The van der Waals surface area contributed by atoms with Crippen LogP contribution in [0.2, 0.25) is 4.34 Å². The van der Waals surface area contributed by atoms with Crippen molar-refractivity contribution >= 4 is 22.9 Å². The molecule has 1 atom stereocenters. The molecule has 0 amide bonds. The van der Waals surface area contributed by atoms with E-state index in [1.54, 1.807) is 11.3 Å². The van der Waals surface area contributed by atoms with Crippen LogP contribution in [0.15, 0.2) is 6.07 Å². The van der Waals surface area contributed by atoms with Crippen molar-refractivity contribution in [3.8, 4) is 0 Å². The first kappa shape index (κ1) is 14.8. The van der Waals surface area contributed by atoms with Gasteiger partial charge in [0.25, 0.3) is 0 Å². The normalized spacial score (nSPS) is 23.1. The minimum Gasteiger partial charge on any atom is -0.378 e. The van der Waals surface area contributed by atoms with Gasteiger partial charge in [0.1, 0.15) is 0 Å². The fourth-order valence-electron chi connectivity index (χ4n) is 3.37. The minimum atomic E-state index is 0.517. The van der Waals surface area contributed by atoms with Crippen LogP contribution in [-0.2, 0) is 11.2 Å². The van der Waals surface area contributed by atoms with E-state index in [2.05, 4.69) is 11.4 Å². The highest BCUT2D eigenvalue weighted by Gasteiger charge is 2.24. The molecule has 2 aliphatic carbocycles. The second-order valence-corrected chi connectivity index (χ2v) is 7.73. The summed E-state index contributed by atoms with van der Waals surface area (Å²) in [5.41, 5.74) is 1.44. The van der Waals surface area contributed by atoms with Gasteiger partial charge in [-0.3, -0.25) is 0 Å². The van der Waals surface area contributed by atoms with Crippen LogP contribution in [0.5, 0.6) is 0 Å².